The number of methoxy groups -OCH3 is 1. The maximum atomic E-state index is 12.0. The first-order chi connectivity index (χ1) is 9.11. The fraction of sp³-hybridized carbons (Fsp3) is 0.467. The van der Waals surface area contributed by atoms with Gasteiger partial charge in [0.25, 0.3) is 0 Å². The van der Waals surface area contributed by atoms with E-state index in [-0.39, 0.29) is 17.8 Å². The van der Waals surface area contributed by atoms with Crippen LogP contribution in [0.15, 0.2) is 24.3 Å². The second-order valence-corrected chi connectivity index (χ2v) is 5.01. The summed E-state index contributed by atoms with van der Waals surface area (Å²) in [5.74, 6) is 0.105. The Balaban J connectivity index is 1.95. The number of benzene rings is 1. The number of carbonyl (C=O) groups is 2. The molecule has 1 saturated carbocycles. The molecule has 0 unspecified atom stereocenters. The van der Waals surface area contributed by atoms with Crippen LogP contribution in [0.2, 0.25) is 0 Å². The molecule has 0 aliphatic heterocycles. The van der Waals surface area contributed by atoms with Crippen LogP contribution in [0.3, 0.4) is 0 Å². The summed E-state index contributed by atoms with van der Waals surface area (Å²) in [6.07, 6.45) is 3.20. The fourth-order valence-electron chi connectivity index (χ4n) is 2.18. The molecule has 19 heavy (non-hydrogen) atoms. The molecule has 0 radical (unpaired) electrons. The number of carbonyl (C=O) groups excluding carboxylic acids is 2. The third-order valence-electron chi connectivity index (χ3n) is 3.63. The van der Waals surface area contributed by atoms with E-state index in [2.05, 4.69) is 4.74 Å². The quantitative estimate of drug-likeness (QED) is 0.781. The molecule has 1 aromatic rings. The summed E-state index contributed by atoms with van der Waals surface area (Å²) < 4.78 is 4.65. The lowest BCUT2D eigenvalue weighted by Gasteiger charge is -2.29. The second kappa shape index (κ2) is 5.87. The molecule has 102 valence electrons. The van der Waals surface area contributed by atoms with Crippen molar-refractivity contribution in [2.24, 2.45) is 5.92 Å². The number of ether oxygens (including phenoxy) is 1. The van der Waals surface area contributed by atoms with Gasteiger partial charge in [0.1, 0.15) is 0 Å². The van der Waals surface area contributed by atoms with Crippen molar-refractivity contribution in [3.8, 4) is 0 Å². The number of amides is 1. The van der Waals surface area contributed by atoms with Crippen molar-refractivity contribution in [1.29, 1.82) is 0 Å². The average molecular weight is 261 g/mol. The van der Waals surface area contributed by atoms with Gasteiger partial charge in [-0.2, -0.15) is 0 Å². The van der Waals surface area contributed by atoms with Crippen LogP contribution in [-0.4, -0.2) is 30.9 Å². The number of rotatable bonds is 4. The molecule has 0 N–H and O–H groups in total. The molecule has 1 fully saturated rings. The molecule has 0 heterocycles. The first kappa shape index (κ1) is 13.6. The van der Waals surface area contributed by atoms with Crippen molar-refractivity contribution >= 4 is 11.9 Å². The minimum atomic E-state index is -0.342. The summed E-state index contributed by atoms with van der Waals surface area (Å²) in [5, 5.41) is 0. The van der Waals surface area contributed by atoms with Crippen molar-refractivity contribution in [3.63, 3.8) is 0 Å². The lowest BCUT2D eigenvalue weighted by Crippen LogP contribution is -2.35. The van der Waals surface area contributed by atoms with E-state index in [1.165, 1.54) is 7.11 Å². The Labute approximate surface area is 113 Å². The van der Waals surface area contributed by atoms with Gasteiger partial charge in [-0.1, -0.05) is 18.6 Å². The van der Waals surface area contributed by atoms with Gasteiger partial charge in [-0.05, 0) is 30.5 Å². The zero-order chi connectivity index (χ0) is 13.8. The zero-order valence-corrected chi connectivity index (χ0v) is 11.4. The van der Waals surface area contributed by atoms with Crippen molar-refractivity contribution in [2.45, 2.75) is 25.8 Å². The van der Waals surface area contributed by atoms with Crippen LogP contribution in [0.5, 0.6) is 0 Å². The van der Waals surface area contributed by atoms with Crippen LogP contribution < -0.4 is 0 Å². The standard InChI is InChI=1S/C15H19NO3/c1-16(14(17)12-4-3-5-12)10-11-6-8-13(9-7-11)15(18)19-2/h6-9,12H,3-5,10H2,1-2H3. The topological polar surface area (TPSA) is 46.6 Å². The molecular weight excluding hydrogens is 242 g/mol. The minimum Gasteiger partial charge on any atom is -0.465 e. The number of hydrogen-bond acceptors (Lipinski definition) is 3. The van der Waals surface area contributed by atoms with Gasteiger partial charge < -0.3 is 9.64 Å². The van der Waals surface area contributed by atoms with Crippen molar-refractivity contribution in [1.82, 2.24) is 4.90 Å². The predicted octanol–water partition coefficient (Wildman–Crippen LogP) is 2.23. The monoisotopic (exact) mass is 261 g/mol. The van der Waals surface area contributed by atoms with E-state index in [0.29, 0.717) is 12.1 Å². The summed E-state index contributed by atoms with van der Waals surface area (Å²) in [7, 11) is 3.19. The van der Waals surface area contributed by atoms with E-state index in [9.17, 15) is 9.59 Å². The molecule has 1 aliphatic carbocycles. The minimum absolute atomic E-state index is 0.222. The maximum Gasteiger partial charge on any atom is 0.337 e. The van der Waals surface area contributed by atoms with Crippen LogP contribution in [0.25, 0.3) is 0 Å². The van der Waals surface area contributed by atoms with Gasteiger partial charge in [0.05, 0.1) is 12.7 Å². The third-order valence-corrected chi connectivity index (χ3v) is 3.63. The van der Waals surface area contributed by atoms with E-state index in [4.69, 9.17) is 0 Å². The molecular formula is C15H19NO3. The van der Waals surface area contributed by atoms with E-state index < -0.39 is 0 Å². The molecule has 2 rings (SSSR count). The third kappa shape index (κ3) is 3.13. The fourth-order valence-corrected chi connectivity index (χ4v) is 2.18. The molecule has 1 amide bonds. The van der Waals surface area contributed by atoms with E-state index in [0.717, 1.165) is 24.8 Å². The summed E-state index contributed by atoms with van der Waals surface area (Å²) in [6.45, 7) is 0.580. The Morgan fingerprint density at radius 1 is 1.26 bits per heavy atom. The highest BCUT2D eigenvalue weighted by molar-refractivity contribution is 5.89. The SMILES string of the molecule is COC(=O)c1ccc(CN(C)C(=O)C2CCC2)cc1. The second-order valence-electron chi connectivity index (χ2n) is 5.01. The molecule has 1 aromatic carbocycles. The Kier molecular flexibility index (Phi) is 4.20. The Hall–Kier alpha value is -1.84. The first-order valence-corrected chi connectivity index (χ1v) is 6.54. The van der Waals surface area contributed by atoms with Gasteiger partial charge in [-0.3, -0.25) is 4.79 Å². The molecule has 0 saturated heterocycles. The predicted molar refractivity (Wildman–Crippen MR) is 71.6 cm³/mol. The normalized spacial score (nSPS) is 14.6. The van der Waals surface area contributed by atoms with Crippen LogP contribution in [0, 0.1) is 5.92 Å². The molecule has 4 heteroatoms. The van der Waals surface area contributed by atoms with Gasteiger partial charge in [0, 0.05) is 19.5 Å². The van der Waals surface area contributed by atoms with E-state index >= 15 is 0 Å². The molecule has 1 aliphatic rings. The maximum absolute atomic E-state index is 12.0. The first-order valence-electron chi connectivity index (χ1n) is 6.54. The van der Waals surface area contributed by atoms with Crippen LogP contribution in [-0.2, 0) is 16.1 Å². The highest BCUT2D eigenvalue weighted by Crippen LogP contribution is 2.28. The van der Waals surface area contributed by atoms with Crippen molar-refractivity contribution in [3.05, 3.63) is 35.4 Å². The average Bonchev–Trinajstić information content (AvgIpc) is 2.36. The molecule has 0 spiro atoms. The zero-order valence-electron chi connectivity index (χ0n) is 11.4. The molecule has 0 bridgehead atoms. The van der Waals surface area contributed by atoms with E-state index in [1.54, 1.807) is 17.0 Å². The van der Waals surface area contributed by atoms with Crippen molar-refractivity contribution < 1.29 is 14.3 Å². The highest BCUT2D eigenvalue weighted by atomic mass is 16.5. The summed E-state index contributed by atoms with van der Waals surface area (Å²) in [4.78, 5) is 25.1. The summed E-state index contributed by atoms with van der Waals surface area (Å²) in [5.41, 5.74) is 1.54. The molecule has 4 nitrogen and oxygen atoms in total. The molecule has 0 aromatic heterocycles. The largest absolute Gasteiger partial charge is 0.465 e. The number of hydrogen-bond donors (Lipinski definition) is 0. The lowest BCUT2D eigenvalue weighted by atomic mass is 9.84. The van der Waals surface area contributed by atoms with Crippen LogP contribution >= 0.6 is 0 Å². The summed E-state index contributed by atoms with van der Waals surface area (Å²) >= 11 is 0. The Morgan fingerprint density at radius 2 is 1.89 bits per heavy atom. The molecule has 0 atom stereocenters. The number of nitrogens with zero attached hydrogens (tertiary/aromatic N) is 1. The lowest BCUT2D eigenvalue weighted by molar-refractivity contribution is -0.137. The van der Waals surface area contributed by atoms with Gasteiger partial charge in [0.2, 0.25) is 5.91 Å². The Morgan fingerprint density at radius 3 is 2.37 bits per heavy atom. The van der Waals surface area contributed by atoms with Gasteiger partial charge in [-0.25, -0.2) is 4.79 Å². The van der Waals surface area contributed by atoms with Crippen LogP contribution in [0.4, 0.5) is 0 Å². The Bertz CT molecular complexity index is 463. The van der Waals surface area contributed by atoms with Gasteiger partial charge in [0.15, 0.2) is 0 Å². The van der Waals surface area contributed by atoms with Gasteiger partial charge in [-0.15, -0.1) is 0 Å². The highest BCUT2D eigenvalue weighted by Gasteiger charge is 2.27. The van der Waals surface area contributed by atoms with Gasteiger partial charge >= 0.3 is 5.97 Å². The van der Waals surface area contributed by atoms with Crippen molar-refractivity contribution in [2.75, 3.05) is 14.2 Å². The summed E-state index contributed by atoms with van der Waals surface area (Å²) in [6, 6.07) is 7.17. The van der Waals surface area contributed by atoms with E-state index in [1.807, 2.05) is 19.2 Å². The van der Waals surface area contributed by atoms with Crippen LogP contribution in [0.1, 0.15) is 35.2 Å². The smallest absolute Gasteiger partial charge is 0.337 e. The number of esters is 1.